The molecular formula is C4H7N9O. The van der Waals surface area contributed by atoms with Gasteiger partial charge in [0.2, 0.25) is 17.9 Å². The van der Waals surface area contributed by atoms with E-state index in [-0.39, 0.29) is 17.8 Å². The Kier molecular flexibility index (Phi) is 2.37. The molecule has 1 heterocycles. The van der Waals surface area contributed by atoms with E-state index in [9.17, 15) is 4.91 Å². The average Bonchev–Trinajstić information content (AvgIpc) is 2.02. The zero-order valence-corrected chi connectivity index (χ0v) is 6.88. The van der Waals surface area contributed by atoms with E-state index in [0.717, 1.165) is 0 Å². The van der Waals surface area contributed by atoms with Crippen molar-refractivity contribution in [2.45, 2.75) is 0 Å². The van der Waals surface area contributed by atoms with Crippen molar-refractivity contribution in [2.75, 3.05) is 16.5 Å². The van der Waals surface area contributed by atoms with Crippen molar-refractivity contribution in [1.82, 2.24) is 15.0 Å². The highest BCUT2D eigenvalue weighted by atomic mass is 16.3. The molecule has 0 atom stereocenters. The molecule has 0 bridgehead atoms. The molecule has 1 rings (SSSR count). The van der Waals surface area contributed by atoms with Crippen LogP contribution in [-0.2, 0) is 0 Å². The summed E-state index contributed by atoms with van der Waals surface area (Å²) >= 11 is 0. The van der Waals surface area contributed by atoms with E-state index in [2.05, 4.69) is 20.2 Å². The highest BCUT2D eigenvalue weighted by molar-refractivity contribution is 5.89. The van der Waals surface area contributed by atoms with E-state index in [1.54, 1.807) is 0 Å². The number of nitrogens with two attached hydrogens (primary N) is 3. The smallest absolute Gasteiger partial charge is 0.263 e. The van der Waals surface area contributed by atoms with Crippen molar-refractivity contribution in [3.8, 4) is 0 Å². The van der Waals surface area contributed by atoms with Gasteiger partial charge in [0.15, 0.2) is 0 Å². The van der Waals surface area contributed by atoms with Crippen molar-refractivity contribution in [3.05, 3.63) is 4.91 Å². The van der Waals surface area contributed by atoms with Crippen LogP contribution in [-0.4, -0.2) is 20.9 Å². The summed E-state index contributed by atoms with van der Waals surface area (Å²) in [6, 6.07) is 0. The maximum absolute atomic E-state index is 10.2. The zero-order valence-electron chi connectivity index (χ0n) is 6.88. The number of aromatic nitrogens is 3. The van der Waals surface area contributed by atoms with Crippen molar-refractivity contribution in [3.63, 3.8) is 0 Å². The van der Waals surface area contributed by atoms with Crippen LogP contribution in [0.3, 0.4) is 0 Å². The minimum absolute atomic E-state index is 0.192. The lowest BCUT2D eigenvalue weighted by Crippen LogP contribution is -2.33. The van der Waals surface area contributed by atoms with E-state index in [4.69, 9.17) is 22.6 Å². The van der Waals surface area contributed by atoms with Crippen molar-refractivity contribution in [1.29, 1.82) is 5.41 Å². The van der Waals surface area contributed by atoms with Gasteiger partial charge in [-0.2, -0.15) is 15.0 Å². The van der Waals surface area contributed by atoms with Gasteiger partial charge in [-0.05, 0) is 0 Å². The molecule has 0 aliphatic heterocycles. The third-order valence-corrected chi connectivity index (χ3v) is 1.16. The minimum atomic E-state index is -0.648. The maximum Gasteiger partial charge on any atom is 0.263 e. The lowest BCUT2D eigenvalue weighted by molar-refractivity contribution is 0.960. The Morgan fingerprint density at radius 2 is 1.79 bits per heavy atom. The second-order valence-corrected chi connectivity index (χ2v) is 2.13. The van der Waals surface area contributed by atoms with Crippen LogP contribution in [0.5, 0.6) is 0 Å². The van der Waals surface area contributed by atoms with Crippen LogP contribution in [0, 0.1) is 10.3 Å². The molecule has 0 aliphatic rings. The summed E-state index contributed by atoms with van der Waals surface area (Å²) in [6.45, 7) is 0. The van der Waals surface area contributed by atoms with Crippen LogP contribution in [0.25, 0.3) is 0 Å². The quantitative estimate of drug-likeness (QED) is 0.190. The monoisotopic (exact) mass is 197 g/mol. The molecule has 1 aromatic heterocycles. The third kappa shape index (κ3) is 1.80. The van der Waals surface area contributed by atoms with Crippen LogP contribution in [0.1, 0.15) is 0 Å². The summed E-state index contributed by atoms with van der Waals surface area (Å²) in [6.07, 6.45) is 0. The Morgan fingerprint density at radius 3 is 2.14 bits per heavy atom. The van der Waals surface area contributed by atoms with Gasteiger partial charge >= 0.3 is 0 Å². The number of rotatable bonds is 2. The Balaban J connectivity index is 3.16. The summed E-state index contributed by atoms with van der Waals surface area (Å²) in [5.41, 5.74) is 15.5. The molecule has 10 nitrogen and oxygen atoms in total. The number of nitrogen functional groups attached to an aromatic ring is 2. The Bertz CT molecular complexity index is 355. The van der Waals surface area contributed by atoms with Gasteiger partial charge in [0, 0.05) is 0 Å². The molecule has 7 N–H and O–H groups in total. The fourth-order valence-corrected chi connectivity index (χ4v) is 0.680. The van der Waals surface area contributed by atoms with E-state index < -0.39 is 5.96 Å². The topological polar surface area (TPSA) is 173 Å². The van der Waals surface area contributed by atoms with E-state index >= 15 is 0 Å². The Labute approximate surface area is 77.6 Å². The molecule has 0 saturated heterocycles. The summed E-state index contributed by atoms with van der Waals surface area (Å²) in [5.74, 6) is -1.33. The van der Waals surface area contributed by atoms with Crippen LogP contribution in [0.2, 0.25) is 0 Å². The van der Waals surface area contributed by atoms with E-state index in [1.807, 2.05) is 0 Å². The molecule has 0 saturated carbocycles. The van der Waals surface area contributed by atoms with Crippen molar-refractivity contribution >= 4 is 23.8 Å². The van der Waals surface area contributed by atoms with Gasteiger partial charge in [0.05, 0.1) is 5.29 Å². The molecule has 0 fully saturated rings. The first-order chi connectivity index (χ1) is 6.54. The molecule has 0 amide bonds. The largest absolute Gasteiger partial charge is 0.368 e. The van der Waals surface area contributed by atoms with Crippen molar-refractivity contribution in [2.24, 2.45) is 11.0 Å². The van der Waals surface area contributed by atoms with Crippen LogP contribution in [0.4, 0.5) is 17.8 Å². The van der Waals surface area contributed by atoms with Gasteiger partial charge in [0.1, 0.15) is 0 Å². The Morgan fingerprint density at radius 1 is 1.29 bits per heavy atom. The highest BCUT2D eigenvalue weighted by Gasteiger charge is 2.14. The first kappa shape index (κ1) is 9.57. The molecule has 0 aromatic carbocycles. The highest BCUT2D eigenvalue weighted by Crippen LogP contribution is 2.09. The van der Waals surface area contributed by atoms with Gasteiger partial charge < -0.3 is 17.2 Å². The van der Waals surface area contributed by atoms with Gasteiger partial charge in [-0.1, -0.05) is 0 Å². The van der Waals surface area contributed by atoms with Crippen molar-refractivity contribution < 1.29 is 0 Å². The summed E-state index contributed by atoms with van der Waals surface area (Å²) in [7, 11) is 0. The SMILES string of the molecule is N=C(N)N(N=O)c1nc(N)nc(N)n1. The fraction of sp³-hybridized carbons (Fsp3) is 0. The van der Waals surface area contributed by atoms with Crippen LogP contribution in [0.15, 0.2) is 5.29 Å². The Hall–Kier alpha value is -2.52. The molecule has 74 valence electrons. The predicted octanol–water partition coefficient (Wildman–Crippen LogP) is -1.58. The summed E-state index contributed by atoms with van der Waals surface area (Å²) in [5, 5.41) is 9.79. The van der Waals surface area contributed by atoms with Gasteiger partial charge in [-0.15, -0.1) is 9.92 Å². The minimum Gasteiger partial charge on any atom is -0.368 e. The molecule has 0 radical (unpaired) electrons. The summed E-state index contributed by atoms with van der Waals surface area (Å²) < 4.78 is 0. The number of hydrogen-bond donors (Lipinski definition) is 4. The number of nitrogens with one attached hydrogen (secondary N) is 1. The molecule has 0 spiro atoms. The second kappa shape index (κ2) is 3.47. The van der Waals surface area contributed by atoms with Crippen LogP contribution >= 0.6 is 0 Å². The normalized spacial score (nSPS) is 9.43. The number of nitrogens with zero attached hydrogens (tertiary/aromatic N) is 5. The third-order valence-electron chi connectivity index (χ3n) is 1.16. The van der Waals surface area contributed by atoms with Gasteiger partial charge in [-0.3, -0.25) is 5.41 Å². The number of guanidine groups is 1. The second-order valence-electron chi connectivity index (χ2n) is 2.13. The molecular weight excluding hydrogens is 190 g/mol. The molecule has 10 heteroatoms. The molecule has 14 heavy (non-hydrogen) atoms. The standard InChI is InChI=1S/C4H7N9O/c5-1(6)13(12-14)4-10-2(7)9-3(8)11-4/h(H3,5,6)(H4,7,8,9,10,11). The van der Waals surface area contributed by atoms with E-state index in [1.165, 1.54) is 0 Å². The average molecular weight is 197 g/mol. The van der Waals surface area contributed by atoms with Crippen LogP contribution < -0.4 is 22.2 Å². The first-order valence-corrected chi connectivity index (χ1v) is 3.29. The van der Waals surface area contributed by atoms with Gasteiger partial charge in [-0.25, -0.2) is 0 Å². The number of anilines is 3. The fourth-order valence-electron chi connectivity index (χ4n) is 0.680. The lowest BCUT2D eigenvalue weighted by atomic mass is 10.8. The first-order valence-electron chi connectivity index (χ1n) is 3.29. The molecule has 1 aromatic rings. The number of nitroso groups, excluding NO2 is 1. The molecule has 0 unspecified atom stereocenters. The van der Waals surface area contributed by atoms with E-state index in [0.29, 0.717) is 5.01 Å². The predicted molar refractivity (Wildman–Crippen MR) is 48.8 cm³/mol. The maximum atomic E-state index is 10.2. The summed E-state index contributed by atoms with van der Waals surface area (Å²) in [4.78, 5) is 20.7. The zero-order chi connectivity index (χ0) is 10.7. The lowest BCUT2D eigenvalue weighted by Gasteiger charge is -2.09. The van der Waals surface area contributed by atoms with Gasteiger partial charge in [0.25, 0.3) is 5.95 Å². The molecule has 0 aliphatic carbocycles. The number of hydrogen-bond acceptors (Lipinski definition) is 8.